The molecule has 1 aliphatic rings. The summed E-state index contributed by atoms with van der Waals surface area (Å²) in [5.41, 5.74) is 2.34. The quantitative estimate of drug-likeness (QED) is 0.394. The third-order valence-electron chi connectivity index (χ3n) is 6.22. The van der Waals surface area contributed by atoms with E-state index in [0.717, 1.165) is 50.5 Å². The van der Waals surface area contributed by atoms with Crippen molar-refractivity contribution in [1.82, 2.24) is 29.6 Å². The molecule has 0 radical (unpaired) electrons. The van der Waals surface area contributed by atoms with Crippen LogP contribution in [-0.2, 0) is 4.74 Å². The van der Waals surface area contributed by atoms with Gasteiger partial charge >= 0.3 is 0 Å². The van der Waals surface area contributed by atoms with E-state index >= 15 is 0 Å². The third-order valence-corrected chi connectivity index (χ3v) is 6.22. The van der Waals surface area contributed by atoms with Crippen LogP contribution in [0.25, 0.3) is 16.9 Å². The lowest BCUT2D eigenvalue weighted by Gasteiger charge is -2.21. The van der Waals surface area contributed by atoms with E-state index in [1.54, 1.807) is 23.0 Å². The minimum absolute atomic E-state index is 0.266. The van der Waals surface area contributed by atoms with Crippen LogP contribution in [0.2, 0.25) is 0 Å². The molecule has 0 spiro atoms. The fourth-order valence-electron chi connectivity index (χ4n) is 4.33. The van der Waals surface area contributed by atoms with Crippen LogP contribution in [-0.4, -0.2) is 42.8 Å². The van der Waals surface area contributed by atoms with Crippen LogP contribution in [0, 0.1) is 11.6 Å². The Kier molecular flexibility index (Phi) is 6.48. The second kappa shape index (κ2) is 9.84. The summed E-state index contributed by atoms with van der Waals surface area (Å²) < 4.78 is 37.4. The van der Waals surface area contributed by atoms with Crippen LogP contribution in [0.1, 0.15) is 56.7 Å². The van der Waals surface area contributed by atoms with Crippen LogP contribution < -0.4 is 5.32 Å². The number of nitrogens with zero attached hydrogens (tertiary/aromatic N) is 6. The minimum atomic E-state index is -0.464. The average Bonchev–Trinajstić information content (AvgIpc) is 3.51. The van der Waals surface area contributed by atoms with Gasteiger partial charge in [0.25, 0.3) is 0 Å². The van der Waals surface area contributed by atoms with E-state index in [9.17, 15) is 8.78 Å². The molecule has 10 heteroatoms. The highest BCUT2D eigenvalue weighted by Gasteiger charge is 2.21. The van der Waals surface area contributed by atoms with E-state index < -0.39 is 17.7 Å². The zero-order valence-corrected chi connectivity index (χ0v) is 19.0. The third kappa shape index (κ3) is 4.63. The molecular weight excluding hydrogens is 440 g/mol. The SMILES string of the molecule is CCCC[C@@H](Nc1ccn2ncc(-c3cn(C4CCOCC4)nn3)c2n1)c1cc(F)ccc1F. The summed E-state index contributed by atoms with van der Waals surface area (Å²) in [5, 5.41) is 16.4. The Morgan fingerprint density at radius 2 is 2.06 bits per heavy atom. The average molecular weight is 468 g/mol. The van der Waals surface area contributed by atoms with Gasteiger partial charge in [0.1, 0.15) is 23.1 Å². The first kappa shape index (κ1) is 22.4. The molecule has 3 aromatic heterocycles. The van der Waals surface area contributed by atoms with Crippen molar-refractivity contribution in [3.63, 3.8) is 0 Å². The summed E-state index contributed by atoms with van der Waals surface area (Å²) in [4.78, 5) is 4.73. The van der Waals surface area contributed by atoms with Crippen molar-refractivity contribution in [1.29, 1.82) is 0 Å². The Morgan fingerprint density at radius 3 is 2.88 bits per heavy atom. The maximum absolute atomic E-state index is 14.5. The number of aromatic nitrogens is 6. The van der Waals surface area contributed by atoms with Gasteiger partial charge < -0.3 is 10.1 Å². The lowest BCUT2D eigenvalue weighted by molar-refractivity contribution is 0.0657. The Labute approximate surface area is 196 Å². The molecule has 4 aromatic rings. The lowest BCUT2D eigenvalue weighted by atomic mass is 10.0. The number of hydrogen-bond donors (Lipinski definition) is 1. The molecule has 4 heterocycles. The van der Waals surface area contributed by atoms with Crippen molar-refractivity contribution >= 4 is 11.5 Å². The molecule has 1 saturated heterocycles. The smallest absolute Gasteiger partial charge is 0.166 e. The van der Waals surface area contributed by atoms with Crippen molar-refractivity contribution in [2.45, 2.75) is 51.1 Å². The number of unbranched alkanes of at least 4 members (excludes halogenated alkanes) is 1. The van der Waals surface area contributed by atoms with Gasteiger partial charge in [-0.3, -0.25) is 0 Å². The topological polar surface area (TPSA) is 82.2 Å². The predicted octanol–water partition coefficient (Wildman–Crippen LogP) is 4.96. The van der Waals surface area contributed by atoms with Crippen molar-refractivity contribution < 1.29 is 13.5 Å². The summed E-state index contributed by atoms with van der Waals surface area (Å²) in [6, 6.07) is 5.18. The highest BCUT2D eigenvalue weighted by molar-refractivity contribution is 5.74. The molecule has 1 N–H and O–H groups in total. The number of hydrogen-bond acceptors (Lipinski definition) is 6. The summed E-state index contributed by atoms with van der Waals surface area (Å²) in [5.74, 6) is -0.351. The molecule has 0 amide bonds. The fourth-order valence-corrected chi connectivity index (χ4v) is 4.33. The van der Waals surface area contributed by atoms with Gasteiger partial charge in [0, 0.05) is 25.0 Å². The van der Waals surface area contributed by atoms with E-state index in [-0.39, 0.29) is 6.04 Å². The van der Waals surface area contributed by atoms with Crippen LogP contribution in [0.15, 0.2) is 42.9 Å². The number of fused-ring (bicyclic) bond motifs is 1. The van der Waals surface area contributed by atoms with Gasteiger partial charge in [-0.25, -0.2) is 23.0 Å². The molecule has 0 saturated carbocycles. The number of nitrogens with one attached hydrogen (secondary N) is 1. The zero-order chi connectivity index (χ0) is 23.5. The van der Waals surface area contributed by atoms with Crippen LogP contribution in [0.5, 0.6) is 0 Å². The van der Waals surface area contributed by atoms with Crippen molar-refractivity contribution in [3.8, 4) is 11.3 Å². The van der Waals surface area contributed by atoms with Gasteiger partial charge in [0.05, 0.1) is 30.0 Å². The Bertz CT molecular complexity index is 1270. The molecule has 8 nitrogen and oxygen atoms in total. The van der Waals surface area contributed by atoms with Gasteiger partial charge in [0.15, 0.2) is 5.65 Å². The molecule has 0 unspecified atom stereocenters. The summed E-state index contributed by atoms with van der Waals surface area (Å²) in [6.07, 6.45) is 9.68. The van der Waals surface area contributed by atoms with Crippen LogP contribution in [0.4, 0.5) is 14.6 Å². The Hall–Kier alpha value is -3.40. The first-order chi connectivity index (χ1) is 16.6. The molecule has 34 heavy (non-hydrogen) atoms. The van der Waals surface area contributed by atoms with Gasteiger partial charge in [-0.05, 0) is 43.5 Å². The Morgan fingerprint density at radius 1 is 1.21 bits per heavy atom. The fraction of sp³-hybridized carbons (Fsp3) is 0.417. The van der Waals surface area contributed by atoms with Crippen molar-refractivity contribution in [3.05, 3.63) is 60.1 Å². The molecule has 1 atom stereocenters. The largest absolute Gasteiger partial charge is 0.381 e. The first-order valence-corrected chi connectivity index (χ1v) is 11.7. The highest BCUT2D eigenvalue weighted by Crippen LogP contribution is 2.29. The first-order valence-electron chi connectivity index (χ1n) is 11.7. The van der Waals surface area contributed by atoms with Gasteiger partial charge in [-0.15, -0.1) is 5.10 Å². The van der Waals surface area contributed by atoms with E-state index in [1.165, 1.54) is 12.1 Å². The number of halogens is 2. The van der Waals surface area contributed by atoms with E-state index in [4.69, 9.17) is 9.72 Å². The maximum Gasteiger partial charge on any atom is 0.166 e. The number of ether oxygens (including phenoxy) is 1. The molecule has 0 aliphatic carbocycles. The minimum Gasteiger partial charge on any atom is -0.381 e. The molecule has 178 valence electrons. The molecule has 1 aliphatic heterocycles. The molecule has 1 aromatic carbocycles. The second-order valence-corrected chi connectivity index (χ2v) is 8.57. The number of anilines is 1. The van der Waals surface area contributed by atoms with E-state index in [2.05, 4.69) is 27.7 Å². The van der Waals surface area contributed by atoms with Crippen LogP contribution >= 0.6 is 0 Å². The molecule has 5 rings (SSSR count). The number of rotatable bonds is 8. The van der Waals surface area contributed by atoms with E-state index in [0.29, 0.717) is 29.1 Å². The zero-order valence-electron chi connectivity index (χ0n) is 19.0. The van der Waals surface area contributed by atoms with Crippen molar-refractivity contribution in [2.24, 2.45) is 0 Å². The Balaban J connectivity index is 1.44. The molecular formula is C24H27F2N7O. The number of benzene rings is 1. The standard InChI is InChI=1S/C24H27F2N7O/c1-2-3-4-21(18-13-16(25)5-6-20(18)26)28-23-7-10-32-24(29-23)19(14-27-32)22-15-33(31-30-22)17-8-11-34-12-9-17/h5-7,10,13-15,17,21H,2-4,8-9,11-12H2,1H3,(H,28,29)/t21-/m1/s1. The van der Waals surface area contributed by atoms with Crippen LogP contribution in [0.3, 0.4) is 0 Å². The van der Waals surface area contributed by atoms with Gasteiger partial charge in [-0.1, -0.05) is 25.0 Å². The summed E-state index contributed by atoms with van der Waals surface area (Å²) in [6.45, 7) is 3.51. The second-order valence-electron chi connectivity index (χ2n) is 8.57. The predicted molar refractivity (Wildman–Crippen MR) is 123 cm³/mol. The van der Waals surface area contributed by atoms with Gasteiger partial charge in [0.2, 0.25) is 0 Å². The highest BCUT2D eigenvalue weighted by atomic mass is 19.1. The van der Waals surface area contributed by atoms with Crippen molar-refractivity contribution in [2.75, 3.05) is 18.5 Å². The molecule has 1 fully saturated rings. The molecule has 0 bridgehead atoms. The maximum atomic E-state index is 14.5. The summed E-state index contributed by atoms with van der Waals surface area (Å²) in [7, 11) is 0. The normalized spacial score (nSPS) is 15.6. The summed E-state index contributed by atoms with van der Waals surface area (Å²) >= 11 is 0. The monoisotopic (exact) mass is 467 g/mol. The van der Waals surface area contributed by atoms with E-state index in [1.807, 2.05) is 10.9 Å². The lowest BCUT2D eigenvalue weighted by Crippen LogP contribution is -2.19. The van der Waals surface area contributed by atoms with Gasteiger partial charge in [-0.2, -0.15) is 5.10 Å².